The molecule has 0 saturated carbocycles. The molecular formula is C19H17LiN4O4. The summed E-state index contributed by atoms with van der Waals surface area (Å²) in [6, 6.07) is 8.87. The molecule has 9 heteroatoms. The van der Waals surface area contributed by atoms with Crippen LogP contribution in [-0.4, -0.2) is 19.7 Å². The van der Waals surface area contributed by atoms with Crippen molar-refractivity contribution in [2.24, 2.45) is 14.1 Å². The molecule has 2 aromatic heterocycles. The number of nitriles is 1. The number of nitrogens with zero attached hydrogens (tertiary/aromatic N) is 4. The number of aryl methyl sites for hydroxylation is 2. The fourth-order valence-electron chi connectivity index (χ4n) is 3.21. The number of aliphatic carboxylic acids is 1. The van der Waals surface area contributed by atoms with Crippen molar-refractivity contribution in [2.45, 2.75) is 19.4 Å². The van der Waals surface area contributed by atoms with E-state index in [0.29, 0.717) is 40.7 Å². The Bertz CT molecular complexity index is 1210. The van der Waals surface area contributed by atoms with Crippen LogP contribution in [0.15, 0.2) is 40.1 Å². The molecule has 3 aromatic rings. The number of carboxylic acids is 1. The fourth-order valence-corrected chi connectivity index (χ4v) is 3.21. The van der Waals surface area contributed by atoms with Crippen molar-refractivity contribution in [1.82, 2.24) is 13.7 Å². The summed E-state index contributed by atoms with van der Waals surface area (Å²) >= 11 is 0. The Labute approximate surface area is 172 Å². The second-order valence-electron chi connectivity index (χ2n) is 6.31. The first-order valence-electron chi connectivity index (χ1n) is 8.34. The molecule has 3 rings (SSSR count). The van der Waals surface area contributed by atoms with Crippen LogP contribution < -0.4 is 35.2 Å². The van der Waals surface area contributed by atoms with Gasteiger partial charge in [-0.1, -0.05) is 12.1 Å². The predicted molar refractivity (Wildman–Crippen MR) is 96.8 cm³/mol. The van der Waals surface area contributed by atoms with Gasteiger partial charge < -0.3 is 14.5 Å². The smallest absolute Gasteiger partial charge is 0.550 e. The second-order valence-corrected chi connectivity index (χ2v) is 6.31. The quantitative estimate of drug-likeness (QED) is 0.446. The topological polar surface area (TPSA) is 113 Å². The first-order chi connectivity index (χ1) is 12.8. The van der Waals surface area contributed by atoms with Gasteiger partial charge in [-0.25, -0.2) is 4.79 Å². The molecular weight excluding hydrogens is 355 g/mol. The maximum Gasteiger partial charge on any atom is 1.00 e. The molecule has 0 aliphatic heterocycles. The molecule has 0 unspecified atom stereocenters. The summed E-state index contributed by atoms with van der Waals surface area (Å²) < 4.78 is 4.17. The normalized spacial score (nSPS) is 10.5. The van der Waals surface area contributed by atoms with E-state index in [1.165, 1.54) is 11.6 Å². The van der Waals surface area contributed by atoms with Crippen molar-refractivity contribution in [1.29, 1.82) is 5.26 Å². The molecule has 0 atom stereocenters. The number of carbonyl (C=O) groups is 1. The number of carboxylic acid groups (broad SMARTS) is 1. The zero-order valence-corrected chi connectivity index (χ0v) is 15.9. The van der Waals surface area contributed by atoms with E-state index < -0.39 is 17.2 Å². The first-order valence-corrected chi connectivity index (χ1v) is 8.34. The third-order valence-electron chi connectivity index (χ3n) is 4.56. The van der Waals surface area contributed by atoms with Gasteiger partial charge in [0.1, 0.15) is 0 Å². The van der Waals surface area contributed by atoms with Crippen molar-refractivity contribution in [3.05, 3.63) is 56.9 Å². The summed E-state index contributed by atoms with van der Waals surface area (Å²) in [5, 5.41) is 20.3. The van der Waals surface area contributed by atoms with Crippen molar-refractivity contribution in [3.8, 4) is 17.3 Å². The Hall–Kier alpha value is -3.00. The van der Waals surface area contributed by atoms with Gasteiger partial charge >= 0.3 is 24.6 Å². The minimum atomic E-state index is -1.15. The van der Waals surface area contributed by atoms with Gasteiger partial charge in [-0.3, -0.25) is 13.9 Å². The summed E-state index contributed by atoms with van der Waals surface area (Å²) in [4.78, 5) is 35.8. The summed E-state index contributed by atoms with van der Waals surface area (Å²) in [6.07, 6.45) is 1.85. The van der Waals surface area contributed by atoms with Gasteiger partial charge in [-0.2, -0.15) is 5.26 Å². The predicted octanol–water partition coefficient (Wildman–Crippen LogP) is -2.89. The van der Waals surface area contributed by atoms with Gasteiger partial charge in [0.25, 0.3) is 5.56 Å². The van der Waals surface area contributed by atoms with Crippen LogP contribution in [0.3, 0.4) is 0 Å². The third kappa shape index (κ3) is 3.68. The largest absolute Gasteiger partial charge is 1.00 e. The number of fused-ring (bicyclic) bond motifs is 1. The molecule has 28 heavy (non-hydrogen) atoms. The molecule has 0 amide bonds. The zero-order chi connectivity index (χ0) is 19.7. The number of hydrogen-bond acceptors (Lipinski definition) is 5. The number of aromatic nitrogens is 3. The Morgan fingerprint density at radius 1 is 1.21 bits per heavy atom. The number of rotatable bonds is 5. The Morgan fingerprint density at radius 3 is 2.57 bits per heavy atom. The molecule has 0 fully saturated rings. The van der Waals surface area contributed by atoms with Gasteiger partial charge in [0.05, 0.1) is 28.2 Å². The fraction of sp³-hybridized carbons (Fsp3) is 0.263. The van der Waals surface area contributed by atoms with E-state index in [4.69, 9.17) is 0 Å². The Morgan fingerprint density at radius 2 is 1.93 bits per heavy atom. The maximum atomic E-state index is 12.8. The van der Waals surface area contributed by atoms with Crippen LogP contribution in [0.25, 0.3) is 22.2 Å². The van der Waals surface area contributed by atoms with Crippen molar-refractivity contribution >= 4 is 16.9 Å². The van der Waals surface area contributed by atoms with Crippen LogP contribution in [0.1, 0.15) is 18.4 Å². The number of carbonyl (C=O) groups excluding carboxylic acids is 1. The van der Waals surface area contributed by atoms with Crippen molar-refractivity contribution < 1.29 is 28.8 Å². The van der Waals surface area contributed by atoms with E-state index in [2.05, 4.69) is 6.07 Å². The van der Waals surface area contributed by atoms with E-state index in [1.54, 1.807) is 42.1 Å². The monoisotopic (exact) mass is 372 g/mol. The standard InChI is InChI=1S/C19H18N4O4.Li/c1-21-14-11-23(8-4-7-15(24)25)17(13-6-3-5-12(9-13)10-20)16(14)18(26)22(2)19(21)27;/h3,5-6,9,11H,4,7-8H2,1-2H3,(H,24,25);/q;+1/p-1. The average Bonchev–Trinajstić information content (AvgIpc) is 3.04. The zero-order valence-electron chi connectivity index (χ0n) is 15.9. The van der Waals surface area contributed by atoms with Crippen LogP contribution in [-0.2, 0) is 25.4 Å². The summed E-state index contributed by atoms with van der Waals surface area (Å²) in [5.41, 5.74) is 1.20. The number of benzene rings is 1. The van der Waals surface area contributed by atoms with Crippen LogP contribution in [0.5, 0.6) is 0 Å². The maximum absolute atomic E-state index is 12.8. The van der Waals surface area contributed by atoms with Gasteiger partial charge in [0.15, 0.2) is 0 Å². The van der Waals surface area contributed by atoms with Gasteiger partial charge in [-0.15, -0.1) is 0 Å². The summed E-state index contributed by atoms with van der Waals surface area (Å²) in [5.74, 6) is -1.15. The molecule has 0 N–H and O–H groups in total. The summed E-state index contributed by atoms with van der Waals surface area (Å²) in [6.45, 7) is 0.326. The molecule has 1 aromatic carbocycles. The van der Waals surface area contributed by atoms with Crippen LogP contribution in [0.2, 0.25) is 0 Å². The Balaban J connectivity index is 0.00000280. The Kier molecular flexibility index (Phi) is 6.35. The van der Waals surface area contributed by atoms with Gasteiger partial charge in [-0.05, 0) is 25.0 Å². The van der Waals surface area contributed by atoms with Crippen molar-refractivity contribution in [2.75, 3.05) is 0 Å². The van der Waals surface area contributed by atoms with E-state index >= 15 is 0 Å². The third-order valence-corrected chi connectivity index (χ3v) is 4.56. The van der Waals surface area contributed by atoms with E-state index in [1.807, 2.05) is 0 Å². The average molecular weight is 372 g/mol. The molecule has 0 saturated heterocycles. The molecule has 0 aliphatic rings. The van der Waals surface area contributed by atoms with Crippen LogP contribution in [0, 0.1) is 11.3 Å². The van der Waals surface area contributed by atoms with Gasteiger partial charge in [0.2, 0.25) is 0 Å². The van der Waals surface area contributed by atoms with Crippen LogP contribution >= 0.6 is 0 Å². The minimum Gasteiger partial charge on any atom is -0.550 e. The van der Waals surface area contributed by atoms with E-state index in [9.17, 15) is 24.8 Å². The van der Waals surface area contributed by atoms with Crippen molar-refractivity contribution in [3.63, 3.8) is 0 Å². The van der Waals surface area contributed by atoms with E-state index in [-0.39, 0.29) is 25.3 Å². The molecule has 0 spiro atoms. The first kappa shape index (κ1) is 21.3. The second kappa shape index (κ2) is 8.35. The molecule has 2 heterocycles. The van der Waals surface area contributed by atoms with E-state index in [0.717, 1.165) is 4.57 Å². The SMILES string of the molecule is Cn1c(=O)c2c(-c3cccc(C#N)c3)n(CCCC(=O)[O-])cc2n(C)c1=O.[Li+]. The van der Waals surface area contributed by atoms with Crippen LogP contribution in [0.4, 0.5) is 0 Å². The minimum absolute atomic E-state index is 0. The molecule has 0 aliphatic carbocycles. The molecule has 0 bridgehead atoms. The molecule has 0 radical (unpaired) electrons. The molecule has 8 nitrogen and oxygen atoms in total. The molecule has 138 valence electrons. The summed E-state index contributed by atoms with van der Waals surface area (Å²) in [7, 11) is 2.98. The number of hydrogen-bond donors (Lipinski definition) is 0. The van der Waals surface area contributed by atoms with Gasteiger partial charge in [0, 0.05) is 38.4 Å².